The summed E-state index contributed by atoms with van der Waals surface area (Å²) in [5.41, 5.74) is 3.37. The molecular formula is C15H22N2. The molecule has 2 unspecified atom stereocenters. The predicted octanol–water partition coefficient (Wildman–Crippen LogP) is 2.89. The van der Waals surface area contributed by atoms with E-state index in [2.05, 4.69) is 36.4 Å². The van der Waals surface area contributed by atoms with Crippen LogP contribution in [0.15, 0.2) is 18.3 Å². The molecule has 1 aromatic rings. The normalized spacial score (nSPS) is 27.3. The molecule has 17 heavy (non-hydrogen) atoms. The molecule has 1 aromatic heterocycles. The first kappa shape index (κ1) is 11.2. The van der Waals surface area contributed by atoms with Crippen LogP contribution in [0.1, 0.15) is 49.8 Å². The van der Waals surface area contributed by atoms with E-state index in [1.165, 1.54) is 43.4 Å². The van der Waals surface area contributed by atoms with Crippen molar-refractivity contribution in [3.63, 3.8) is 0 Å². The van der Waals surface area contributed by atoms with Crippen LogP contribution < -0.4 is 5.32 Å². The molecule has 0 spiro atoms. The zero-order valence-electron chi connectivity index (χ0n) is 10.9. The molecule has 2 aliphatic carbocycles. The largest absolute Gasteiger partial charge is 0.316 e. The molecule has 2 nitrogen and oxygen atoms in total. The molecule has 2 atom stereocenters. The number of rotatable bonds is 3. The van der Waals surface area contributed by atoms with Crippen LogP contribution in [0.5, 0.6) is 0 Å². The summed E-state index contributed by atoms with van der Waals surface area (Å²) in [6.07, 6.45) is 8.53. The Kier molecular flexibility index (Phi) is 2.70. The lowest BCUT2D eigenvalue weighted by Crippen LogP contribution is -2.40. The van der Waals surface area contributed by atoms with Gasteiger partial charge in [-0.05, 0) is 56.2 Å². The quantitative estimate of drug-likeness (QED) is 0.863. The zero-order valence-corrected chi connectivity index (χ0v) is 10.9. The molecule has 0 amide bonds. The van der Waals surface area contributed by atoms with Crippen molar-refractivity contribution in [1.29, 1.82) is 0 Å². The lowest BCUT2D eigenvalue weighted by Gasteiger charge is -2.35. The highest BCUT2D eigenvalue weighted by Gasteiger charge is 2.48. The van der Waals surface area contributed by atoms with Gasteiger partial charge in [-0.25, -0.2) is 0 Å². The van der Waals surface area contributed by atoms with Crippen LogP contribution in [0.4, 0.5) is 0 Å². The van der Waals surface area contributed by atoms with Gasteiger partial charge in [0.2, 0.25) is 0 Å². The second-order valence-corrected chi connectivity index (χ2v) is 5.97. The molecule has 1 heterocycles. The third-order valence-electron chi connectivity index (χ3n) is 4.74. The second kappa shape index (κ2) is 4.09. The van der Waals surface area contributed by atoms with Crippen molar-refractivity contribution in [2.75, 3.05) is 7.05 Å². The number of nitrogens with zero attached hydrogens (tertiary/aromatic N) is 1. The molecule has 0 aliphatic heterocycles. The summed E-state index contributed by atoms with van der Waals surface area (Å²) >= 11 is 0. The van der Waals surface area contributed by atoms with Gasteiger partial charge >= 0.3 is 0 Å². The van der Waals surface area contributed by atoms with Gasteiger partial charge in [-0.15, -0.1) is 0 Å². The molecule has 0 saturated heterocycles. The number of hydrogen-bond acceptors (Lipinski definition) is 2. The second-order valence-electron chi connectivity index (χ2n) is 5.97. The zero-order chi connectivity index (χ0) is 11.9. The summed E-state index contributed by atoms with van der Waals surface area (Å²) in [4.78, 5) is 4.67. The minimum absolute atomic E-state index is 0.519. The molecule has 2 aliphatic rings. The Balaban J connectivity index is 1.93. The summed E-state index contributed by atoms with van der Waals surface area (Å²) < 4.78 is 0. The van der Waals surface area contributed by atoms with Gasteiger partial charge in [-0.3, -0.25) is 4.98 Å². The first-order chi connectivity index (χ1) is 8.24. The van der Waals surface area contributed by atoms with Crippen molar-refractivity contribution >= 4 is 0 Å². The highest BCUT2D eigenvalue weighted by Crippen LogP contribution is 2.53. The van der Waals surface area contributed by atoms with Crippen LogP contribution in [-0.4, -0.2) is 18.1 Å². The molecule has 1 N–H and O–H groups in total. The van der Waals surface area contributed by atoms with Crippen molar-refractivity contribution in [3.8, 4) is 0 Å². The monoisotopic (exact) mass is 230 g/mol. The van der Waals surface area contributed by atoms with E-state index >= 15 is 0 Å². The van der Waals surface area contributed by atoms with Gasteiger partial charge in [-0.2, -0.15) is 0 Å². The van der Waals surface area contributed by atoms with Crippen molar-refractivity contribution in [3.05, 3.63) is 29.6 Å². The maximum atomic E-state index is 4.67. The Morgan fingerprint density at radius 2 is 2.29 bits per heavy atom. The van der Waals surface area contributed by atoms with Gasteiger partial charge in [0.15, 0.2) is 0 Å². The van der Waals surface area contributed by atoms with Crippen molar-refractivity contribution in [1.82, 2.24) is 10.3 Å². The molecule has 0 bridgehead atoms. The average molecular weight is 230 g/mol. The van der Waals surface area contributed by atoms with Crippen LogP contribution in [-0.2, 0) is 6.42 Å². The predicted molar refractivity (Wildman–Crippen MR) is 70.1 cm³/mol. The van der Waals surface area contributed by atoms with Gasteiger partial charge < -0.3 is 5.32 Å². The number of aromatic nitrogens is 1. The van der Waals surface area contributed by atoms with Gasteiger partial charge in [-0.1, -0.05) is 13.0 Å². The molecule has 0 aromatic carbocycles. The van der Waals surface area contributed by atoms with E-state index in [1.807, 2.05) is 6.20 Å². The third-order valence-corrected chi connectivity index (χ3v) is 4.74. The van der Waals surface area contributed by atoms with E-state index in [9.17, 15) is 0 Å². The highest BCUT2D eigenvalue weighted by atomic mass is 14.9. The van der Waals surface area contributed by atoms with E-state index in [0.29, 0.717) is 17.4 Å². The molecule has 1 fully saturated rings. The summed E-state index contributed by atoms with van der Waals surface area (Å²) in [5, 5.41) is 3.58. The van der Waals surface area contributed by atoms with Crippen molar-refractivity contribution < 1.29 is 0 Å². The summed E-state index contributed by atoms with van der Waals surface area (Å²) in [6.45, 7) is 2.42. The van der Waals surface area contributed by atoms with Crippen molar-refractivity contribution in [2.24, 2.45) is 5.41 Å². The number of hydrogen-bond donors (Lipinski definition) is 1. The smallest absolute Gasteiger partial charge is 0.0482 e. The highest BCUT2D eigenvalue weighted by molar-refractivity contribution is 5.28. The molecule has 92 valence electrons. The fourth-order valence-corrected chi connectivity index (χ4v) is 3.51. The van der Waals surface area contributed by atoms with E-state index in [-0.39, 0.29) is 0 Å². The average Bonchev–Trinajstić information content (AvgIpc) is 3.09. The van der Waals surface area contributed by atoms with Gasteiger partial charge in [0.25, 0.3) is 0 Å². The standard InChI is InChI=1S/C15H22N2/c1-15(8-9-15)14(16-2)12-7-3-5-11-6-4-10-17-13(11)12/h4,6,10,12,14,16H,3,5,7-9H2,1-2H3. The summed E-state index contributed by atoms with van der Waals surface area (Å²) in [5.74, 6) is 0.623. The fourth-order valence-electron chi connectivity index (χ4n) is 3.51. The molecule has 3 rings (SSSR count). The first-order valence-electron chi connectivity index (χ1n) is 6.86. The molecule has 2 heteroatoms. The number of likely N-dealkylation sites (N-methyl/N-ethyl adjacent to an activating group) is 1. The topological polar surface area (TPSA) is 24.9 Å². The summed E-state index contributed by atoms with van der Waals surface area (Å²) in [7, 11) is 2.12. The van der Waals surface area contributed by atoms with Crippen LogP contribution in [0.2, 0.25) is 0 Å². The van der Waals surface area contributed by atoms with E-state index in [1.54, 1.807) is 0 Å². The molecular weight excluding hydrogens is 208 g/mol. The Hall–Kier alpha value is -0.890. The Morgan fingerprint density at radius 1 is 1.47 bits per heavy atom. The fraction of sp³-hybridized carbons (Fsp3) is 0.667. The van der Waals surface area contributed by atoms with Gasteiger partial charge in [0.05, 0.1) is 0 Å². The number of aryl methyl sites for hydroxylation is 1. The van der Waals surface area contributed by atoms with E-state index in [4.69, 9.17) is 0 Å². The number of nitrogens with one attached hydrogen (secondary N) is 1. The molecule has 1 saturated carbocycles. The lowest BCUT2D eigenvalue weighted by molar-refractivity contribution is 0.296. The molecule has 0 radical (unpaired) electrons. The number of fused-ring (bicyclic) bond motifs is 1. The van der Waals surface area contributed by atoms with E-state index < -0.39 is 0 Å². The third kappa shape index (κ3) is 1.89. The maximum Gasteiger partial charge on any atom is 0.0482 e. The van der Waals surface area contributed by atoms with E-state index in [0.717, 1.165) is 0 Å². The Labute approximate surface area is 104 Å². The lowest BCUT2D eigenvalue weighted by atomic mass is 9.76. The maximum absolute atomic E-state index is 4.67. The summed E-state index contributed by atoms with van der Waals surface area (Å²) in [6, 6.07) is 4.95. The van der Waals surface area contributed by atoms with Crippen LogP contribution >= 0.6 is 0 Å². The number of pyridine rings is 1. The minimum Gasteiger partial charge on any atom is -0.316 e. The minimum atomic E-state index is 0.519. The van der Waals surface area contributed by atoms with Crippen LogP contribution in [0.25, 0.3) is 0 Å². The van der Waals surface area contributed by atoms with Crippen LogP contribution in [0.3, 0.4) is 0 Å². The Bertz CT molecular complexity index is 409. The van der Waals surface area contributed by atoms with Gasteiger partial charge in [0.1, 0.15) is 0 Å². The SMILES string of the molecule is CNC(C1CCCc2cccnc21)C1(C)CC1. The van der Waals surface area contributed by atoms with Crippen LogP contribution in [0, 0.1) is 5.41 Å². The van der Waals surface area contributed by atoms with Crippen molar-refractivity contribution in [2.45, 2.75) is 51.0 Å². The Morgan fingerprint density at radius 3 is 3.00 bits per heavy atom. The first-order valence-corrected chi connectivity index (χ1v) is 6.86. The van der Waals surface area contributed by atoms with Gasteiger partial charge in [0, 0.05) is 23.9 Å².